The number of likely N-dealkylation sites (tertiary alicyclic amines) is 2. The second-order valence-electron chi connectivity index (χ2n) is 7.58. The van der Waals surface area contributed by atoms with Gasteiger partial charge in [0.2, 0.25) is 0 Å². The predicted molar refractivity (Wildman–Crippen MR) is 92.5 cm³/mol. The van der Waals surface area contributed by atoms with E-state index in [-0.39, 0.29) is 5.41 Å². The van der Waals surface area contributed by atoms with Crippen LogP contribution in [0.1, 0.15) is 24.8 Å². The quantitative estimate of drug-likeness (QED) is 0.913. The molecule has 0 unspecified atom stereocenters. The van der Waals surface area contributed by atoms with Crippen molar-refractivity contribution < 1.29 is 14.6 Å². The first-order valence-electron chi connectivity index (χ1n) is 9.12. The molecule has 0 bridgehead atoms. The highest BCUT2D eigenvalue weighted by atomic mass is 16.6. The Morgan fingerprint density at radius 2 is 2.00 bits per heavy atom. The van der Waals surface area contributed by atoms with Gasteiger partial charge in [0, 0.05) is 24.5 Å². The summed E-state index contributed by atoms with van der Waals surface area (Å²) in [6.45, 7) is 5.75. The van der Waals surface area contributed by atoms with Gasteiger partial charge in [0.25, 0.3) is 0 Å². The van der Waals surface area contributed by atoms with Crippen molar-refractivity contribution in [3.05, 3.63) is 23.8 Å². The van der Waals surface area contributed by atoms with Gasteiger partial charge >= 0.3 is 0 Å². The summed E-state index contributed by atoms with van der Waals surface area (Å²) < 4.78 is 11.3. The lowest BCUT2D eigenvalue weighted by Gasteiger charge is -2.53. The molecular weight excluding hydrogens is 304 g/mol. The molecule has 2 fully saturated rings. The van der Waals surface area contributed by atoms with E-state index in [0.29, 0.717) is 25.9 Å². The fourth-order valence-electron chi connectivity index (χ4n) is 4.66. The molecule has 2 saturated heterocycles. The molecule has 132 valence electrons. The third-order valence-corrected chi connectivity index (χ3v) is 6.11. The van der Waals surface area contributed by atoms with Gasteiger partial charge < -0.3 is 19.5 Å². The zero-order chi connectivity index (χ0) is 16.6. The van der Waals surface area contributed by atoms with E-state index in [9.17, 15) is 5.11 Å². The Kier molecular flexibility index (Phi) is 4.41. The molecule has 1 N–H and O–H groups in total. The van der Waals surface area contributed by atoms with Crippen LogP contribution in [0.25, 0.3) is 0 Å². The molecule has 24 heavy (non-hydrogen) atoms. The molecule has 5 nitrogen and oxygen atoms in total. The van der Waals surface area contributed by atoms with Crippen molar-refractivity contribution in [3.63, 3.8) is 0 Å². The zero-order valence-corrected chi connectivity index (χ0v) is 14.5. The third kappa shape index (κ3) is 2.89. The molecule has 0 saturated carbocycles. The number of fused-ring (bicyclic) bond motifs is 2. The summed E-state index contributed by atoms with van der Waals surface area (Å²) in [7, 11) is 2.21. The molecule has 3 aliphatic heterocycles. The summed E-state index contributed by atoms with van der Waals surface area (Å²) in [5, 5.41) is 10.0. The van der Waals surface area contributed by atoms with Crippen LogP contribution in [-0.4, -0.2) is 67.5 Å². The summed E-state index contributed by atoms with van der Waals surface area (Å²) >= 11 is 0. The van der Waals surface area contributed by atoms with Crippen LogP contribution in [0.15, 0.2) is 18.2 Å². The largest absolute Gasteiger partial charge is 0.486 e. The Hall–Kier alpha value is -1.30. The number of benzene rings is 1. The van der Waals surface area contributed by atoms with Crippen LogP contribution >= 0.6 is 0 Å². The second kappa shape index (κ2) is 6.54. The lowest BCUT2D eigenvalue weighted by molar-refractivity contribution is -0.0684. The number of hydrogen-bond acceptors (Lipinski definition) is 5. The third-order valence-electron chi connectivity index (χ3n) is 6.11. The fraction of sp³-hybridized carbons (Fsp3) is 0.684. The van der Waals surface area contributed by atoms with E-state index >= 15 is 0 Å². The van der Waals surface area contributed by atoms with Crippen LogP contribution in [0.5, 0.6) is 11.5 Å². The number of piperidine rings is 2. The van der Waals surface area contributed by atoms with Crippen molar-refractivity contribution in [2.45, 2.75) is 31.8 Å². The first-order chi connectivity index (χ1) is 11.7. The highest BCUT2D eigenvalue weighted by Gasteiger charge is 2.46. The van der Waals surface area contributed by atoms with Gasteiger partial charge in [0.1, 0.15) is 13.2 Å². The normalized spacial score (nSPS) is 30.8. The van der Waals surface area contributed by atoms with Crippen LogP contribution in [-0.2, 0) is 6.54 Å². The van der Waals surface area contributed by atoms with Crippen molar-refractivity contribution in [3.8, 4) is 11.5 Å². The first kappa shape index (κ1) is 16.2. The van der Waals surface area contributed by atoms with E-state index in [1.54, 1.807) is 0 Å². The molecule has 2 atom stereocenters. The topological polar surface area (TPSA) is 45.2 Å². The maximum Gasteiger partial charge on any atom is 0.161 e. The Morgan fingerprint density at radius 1 is 1.17 bits per heavy atom. The van der Waals surface area contributed by atoms with Crippen molar-refractivity contribution in [1.82, 2.24) is 9.80 Å². The molecule has 3 heterocycles. The maximum absolute atomic E-state index is 10.0. The summed E-state index contributed by atoms with van der Waals surface area (Å²) in [6, 6.07) is 6.75. The summed E-state index contributed by atoms with van der Waals surface area (Å²) in [5.41, 5.74) is 1.38. The van der Waals surface area contributed by atoms with Crippen molar-refractivity contribution >= 4 is 0 Å². The SMILES string of the molecule is CN1CCC[C@]2(CO)CCN(Cc3ccc4c(c3)OCCO4)C[C@@H]12. The number of rotatable bonds is 3. The van der Waals surface area contributed by atoms with Gasteiger partial charge in [0.05, 0.1) is 6.61 Å². The van der Waals surface area contributed by atoms with E-state index in [0.717, 1.165) is 50.5 Å². The van der Waals surface area contributed by atoms with Crippen molar-refractivity contribution in [1.29, 1.82) is 0 Å². The summed E-state index contributed by atoms with van der Waals surface area (Å²) in [4.78, 5) is 4.97. The van der Waals surface area contributed by atoms with E-state index in [2.05, 4.69) is 29.0 Å². The van der Waals surface area contributed by atoms with E-state index < -0.39 is 0 Å². The van der Waals surface area contributed by atoms with Gasteiger partial charge in [-0.25, -0.2) is 0 Å². The summed E-state index contributed by atoms with van der Waals surface area (Å²) in [6.07, 6.45) is 3.45. The predicted octanol–water partition coefficient (Wildman–Crippen LogP) is 1.74. The standard InChI is InChI=1S/C19H28N2O3/c1-20-7-2-5-19(14-22)6-8-21(13-18(19)20)12-15-3-4-16-17(11-15)24-10-9-23-16/h3-4,11,18,22H,2,5-10,12-14H2,1H3/t18-,19-/m1/s1. The van der Waals surface area contributed by atoms with Crippen LogP contribution in [0.4, 0.5) is 0 Å². The van der Waals surface area contributed by atoms with Crippen LogP contribution in [0, 0.1) is 5.41 Å². The van der Waals surface area contributed by atoms with E-state index in [1.807, 2.05) is 6.07 Å². The minimum Gasteiger partial charge on any atom is -0.486 e. The highest BCUT2D eigenvalue weighted by molar-refractivity contribution is 5.43. The molecule has 0 amide bonds. The molecule has 0 aliphatic carbocycles. The number of hydrogen-bond donors (Lipinski definition) is 1. The van der Waals surface area contributed by atoms with E-state index in [1.165, 1.54) is 12.0 Å². The Bertz CT molecular complexity index is 594. The smallest absolute Gasteiger partial charge is 0.161 e. The molecule has 1 aromatic carbocycles. The Balaban J connectivity index is 1.46. The van der Waals surface area contributed by atoms with Gasteiger partial charge in [-0.05, 0) is 57.1 Å². The van der Waals surface area contributed by atoms with Gasteiger partial charge in [0.15, 0.2) is 11.5 Å². The maximum atomic E-state index is 10.0. The van der Waals surface area contributed by atoms with Gasteiger partial charge in [-0.1, -0.05) is 6.07 Å². The fourth-order valence-corrected chi connectivity index (χ4v) is 4.66. The Labute approximate surface area is 144 Å². The molecule has 4 rings (SSSR count). The average Bonchev–Trinajstić information content (AvgIpc) is 2.62. The number of aliphatic hydroxyl groups is 1. The average molecular weight is 332 g/mol. The number of nitrogens with zero attached hydrogens (tertiary/aromatic N) is 2. The molecule has 3 aliphatic rings. The van der Waals surface area contributed by atoms with Crippen LogP contribution in [0.3, 0.4) is 0 Å². The van der Waals surface area contributed by atoms with Crippen LogP contribution < -0.4 is 9.47 Å². The number of aliphatic hydroxyl groups excluding tert-OH is 1. The number of likely N-dealkylation sites (N-methyl/N-ethyl adjacent to an activating group) is 1. The van der Waals surface area contributed by atoms with E-state index in [4.69, 9.17) is 9.47 Å². The monoisotopic (exact) mass is 332 g/mol. The minimum atomic E-state index is 0.107. The number of ether oxygens (including phenoxy) is 2. The molecule has 0 radical (unpaired) electrons. The van der Waals surface area contributed by atoms with Gasteiger partial charge in [-0.2, -0.15) is 0 Å². The highest BCUT2D eigenvalue weighted by Crippen LogP contribution is 2.42. The lowest BCUT2D eigenvalue weighted by Crippen LogP contribution is -2.61. The minimum absolute atomic E-state index is 0.107. The molecular formula is C19H28N2O3. The van der Waals surface area contributed by atoms with Gasteiger partial charge in [-0.15, -0.1) is 0 Å². The molecule has 1 aromatic rings. The first-order valence-corrected chi connectivity index (χ1v) is 9.12. The summed E-state index contributed by atoms with van der Waals surface area (Å²) in [5.74, 6) is 1.73. The van der Waals surface area contributed by atoms with Crippen molar-refractivity contribution in [2.75, 3.05) is 46.5 Å². The molecule has 5 heteroatoms. The molecule has 0 spiro atoms. The zero-order valence-electron chi connectivity index (χ0n) is 14.5. The Morgan fingerprint density at radius 3 is 2.83 bits per heavy atom. The lowest BCUT2D eigenvalue weighted by atomic mass is 9.69. The van der Waals surface area contributed by atoms with Gasteiger partial charge in [-0.3, -0.25) is 4.90 Å². The molecule has 0 aromatic heterocycles. The van der Waals surface area contributed by atoms with Crippen LogP contribution in [0.2, 0.25) is 0 Å². The second-order valence-corrected chi connectivity index (χ2v) is 7.58. The van der Waals surface area contributed by atoms with Crippen molar-refractivity contribution in [2.24, 2.45) is 5.41 Å².